The highest BCUT2D eigenvalue weighted by Crippen LogP contribution is 2.18. The third kappa shape index (κ3) is 5.34. The molecule has 1 aromatic heterocycles. The number of nitrogens with one attached hydrogen (secondary N) is 1. The highest BCUT2D eigenvalue weighted by atomic mass is 35.5. The maximum absolute atomic E-state index is 12.2. The number of halogens is 1. The fraction of sp³-hybridized carbons (Fsp3) is 0.533. The lowest BCUT2D eigenvalue weighted by Gasteiger charge is -2.17. The van der Waals surface area contributed by atoms with Crippen molar-refractivity contribution in [3.8, 4) is 0 Å². The summed E-state index contributed by atoms with van der Waals surface area (Å²) in [4.78, 5) is 27.5. The molecule has 1 atom stereocenters. The molecule has 6 heteroatoms. The van der Waals surface area contributed by atoms with E-state index < -0.39 is 17.9 Å². The average Bonchev–Trinajstić information content (AvgIpc) is 2.36. The summed E-state index contributed by atoms with van der Waals surface area (Å²) in [6.07, 6.45) is 0.372. The second-order valence-corrected chi connectivity index (χ2v) is 6.14. The van der Waals surface area contributed by atoms with Gasteiger partial charge in [0.05, 0.1) is 0 Å². The fourth-order valence-electron chi connectivity index (χ4n) is 1.88. The molecule has 0 radical (unpaired) electrons. The van der Waals surface area contributed by atoms with Gasteiger partial charge in [0.15, 0.2) is 0 Å². The molecule has 116 valence electrons. The second kappa shape index (κ2) is 7.41. The molecular weight excluding hydrogens is 292 g/mol. The third-order valence-corrected chi connectivity index (χ3v) is 3.17. The largest absolute Gasteiger partial charge is 0.480 e. The summed E-state index contributed by atoms with van der Waals surface area (Å²) in [5, 5.41) is 11.9. The van der Waals surface area contributed by atoms with Crippen LogP contribution in [0, 0.1) is 5.92 Å². The van der Waals surface area contributed by atoms with E-state index in [1.807, 2.05) is 27.7 Å². The Morgan fingerprint density at radius 1 is 1.29 bits per heavy atom. The highest BCUT2D eigenvalue weighted by molar-refractivity contribution is 6.29. The summed E-state index contributed by atoms with van der Waals surface area (Å²) < 4.78 is 0. The Morgan fingerprint density at radius 2 is 1.90 bits per heavy atom. The molecule has 0 fully saturated rings. The molecule has 0 aromatic carbocycles. The molecule has 1 unspecified atom stereocenters. The molecule has 1 aromatic rings. The molecule has 1 amide bonds. The summed E-state index contributed by atoms with van der Waals surface area (Å²) >= 11 is 5.91. The first-order chi connectivity index (χ1) is 9.70. The summed E-state index contributed by atoms with van der Waals surface area (Å²) in [6.45, 7) is 7.70. The van der Waals surface area contributed by atoms with Gasteiger partial charge in [-0.3, -0.25) is 4.79 Å². The van der Waals surface area contributed by atoms with Gasteiger partial charge in [0.2, 0.25) is 0 Å². The van der Waals surface area contributed by atoms with Crippen LogP contribution < -0.4 is 5.32 Å². The first kappa shape index (κ1) is 17.4. The Bertz CT molecular complexity index is 530. The minimum absolute atomic E-state index is 0.126. The van der Waals surface area contributed by atoms with Crippen LogP contribution in [0.2, 0.25) is 5.15 Å². The van der Waals surface area contributed by atoms with Gasteiger partial charge in [0.1, 0.15) is 11.2 Å². The first-order valence-electron chi connectivity index (χ1n) is 6.91. The molecule has 0 saturated carbocycles. The van der Waals surface area contributed by atoms with Gasteiger partial charge in [-0.25, -0.2) is 9.78 Å². The number of nitrogens with zero attached hydrogens (tertiary/aromatic N) is 1. The molecule has 21 heavy (non-hydrogen) atoms. The zero-order chi connectivity index (χ0) is 16.2. The Hall–Kier alpha value is -1.62. The van der Waals surface area contributed by atoms with Crippen LogP contribution in [0.3, 0.4) is 0 Å². The fourth-order valence-corrected chi connectivity index (χ4v) is 2.09. The van der Waals surface area contributed by atoms with Crippen molar-refractivity contribution in [3.05, 3.63) is 28.5 Å². The first-order valence-corrected chi connectivity index (χ1v) is 7.29. The molecule has 5 nitrogen and oxygen atoms in total. The maximum Gasteiger partial charge on any atom is 0.326 e. The zero-order valence-corrected chi connectivity index (χ0v) is 13.4. The average molecular weight is 313 g/mol. The van der Waals surface area contributed by atoms with Crippen LogP contribution >= 0.6 is 11.6 Å². The summed E-state index contributed by atoms with van der Waals surface area (Å²) in [6, 6.07) is 2.17. The molecule has 2 N–H and O–H groups in total. The van der Waals surface area contributed by atoms with Crippen LogP contribution in [0.25, 0.3) is 0 Å². The van der Waals surface area contributed by atoms with Crippen LogP contribution in [0.4, 0.5) is 0 Å². The van der Waals surface area contributed by atoms with Crippen LogP contribution in [0.1, 0.15) is 56.1 Å². The molecule has 1 rings (SSSR count). The van der Waals surface area contributed by atoms with E-state index in [1.54, 1.807) is 6.07 Å². The topological polar surface area (TPSA) is 79.3 Å². The number of rotatable bonds is 6. The monoisotopic (exact) mass is 312 g/mol. The maximum atomic E-state index is 12.2. The minimum Gasteiger partial charge on any atom is -0.480 e. The molecule has 0 aliphatic heterocycles. The standard InChI is InChI=1S/C15H21ClN2O3/c1-8(2)5-12(15(20)21)18-14(19)10-6-11(9(3)4)17-13(16)7-10/h6-9,12H,5H2,1-4H3,(H,18,19)(H,20,21). The van der Waals surface area contributed by atoms with Crippen molar-refractivity contribution in [2.75, 3.05) is 0 Å². The molecule has 0 aliphatic rings. The molecule has 0 saturated heterocycles. The highest BCUT2D eigenvalue weighted by Gasteiger charge is 2.22. The predicted molar refractivity (Wildman–Crippen MR) is 81.7 cm³/mol. The smallest absolute Gasteiger partial charge is 0.326 e. The van der Waals surface area contributed by atoms with Gasteiger partial charge < -0.3 is 10.4 Å². The number of carboxylic acid groups (broad SMARTS) is 1. The number of amides is 1. The number of aliphatic carboxylic acids is 1. The molecule has 0 bridgehead atoms. The number of hydrogen-bond donors (Lipinski definition) is 2. The number of carbonyl (C=O) groups excluding carboxylic acids is 1. The summed E-state index contributed by atoms with van der Waals surface area (Å²) in [5.41, 5.74) is 1.03. The molecular formula is C15H21ClN2O3. The van der Waals surface area contributed by atoms with Crippen LogP contribution in [0.5, 0.6) is 0 Å². The lowest BCUT2D eigenvalue weighted by atomic mass is 10.0. The van der Waals surface area contributed by atoms with Crippen molar-refractivity contribution in [1.29, 1.82) is 0 Å². The number of pyridine rings is 1. The van der Waals surface area contributed by atoms with Gasteiger partial charge in [-0.2, -0.15) is 0 Å². The van der Waals surface area contributed by atoms with E-state index in [9.17, 15) is 9.59 Å². The van der Waals surface area contributed by atoms with Crippen LogP contribution in [-0.2, 0) is 4.79 Å². The van der Waals surface area contributed by atoms with Crippen molar-refractivity contribution in [3.63, 3.8) is 0 Å². The van der Waals surface area contributed by atoms with Gasteiger partial charge in [0.25, 0.3) is 5.91 Å². The van der Waals surface area contributed by atoms with Gasteiger partial charge in [-0.1, -0.05) is 39.3 Å². The zero-order valence-electron chi connectivity index (χ0n) is 12.7. The molecule has 0 spiro atoms. The number of carbonyl (C=O) groups is 2. The SMILES string of the molecule is CC(C)CC(NC(=O)c1cc(Cl)nc(C(C)C)c1)C(=O)O. The second-order valence-electron chi connectivity index (χ2n) is 5.75. The van der Waals surface area contributed by atoms with E-state index in [4.69, 9.17) is 16.7 Å². The lowest BCUT2D eigenvalue weighted by molar-refractivity contribution is -0.139. The molecule has 0 aliphatic carbocycles. The van der Waals surface area contributed by atoms with Crippen molar-refractivity contribution in [2.45, 2.75) is 46.1 Å². The van der Waals surface area contributed by atoms with E-state index >= 15 is 0 Å². The summed E-state index contributed by atoms with van der Waals surface area (Å²) in [5.74, 6) is -1.20. The van der Waals surface area contributed by atoms with Crippen molar-refractivity contribution >= 4 is 23.5 Å². The van der Waals surface area contributed by atoms with E-state index in [1.165, 1.54) is 6.07 Å². The van der Waals surface area contributed by atoms with Crippen molar-refractivity contribution in [1.82, 2.24) is 10.3 Å². The van der Waals surface area contributed by atoms with Crippen molar-refractivity contribution < 1.29 is 14.7 Å². The Balaban J connectivity index is 2.94. The van der Waals surface area contributed by atoms with Gasteiger partial charge in [-0.05, 0) is 30.4 Å². The van der Waals surface area contributed by atoms with Gasteiger partial charge >= 0.3 is 5.97 Å². The quantitative estimate of drug-likeness (QED) is 0.791. The number of aromatic nitrogens is 1. The predicted octanol–water partition coefficient (Wildman–Crippen LogP) is 3.09. The van der Waals surface area contributed by atoms with E-state index in [0.717, 1.165) is 0 Å². The molecule has 1 heterocycles. The third-order valence-electron chi connectivity index (χ3n) is 2.98. The number of carboxylic acids is 1. The van der Waals surface area contributed by atoms with Crippen LogP contribution in [0.15, 0.2) is 12.1 Å². The van der Waals surface area contributed by atoms with Gasteiger partial charge in [-0.15, -0.1) is 0 Å². The number of hydrogen-bond acceptors (Lipinski definition) is 3. The minimum atomic E-state index is -1.04. The Kier molecular flexibility index (Phi) is 6.15. The lowest BCUT2D eigenvalue weighted by Crippen LogP contribution is -2.41. The summed E-state index contributed by atoms with van der Waals surface area (Å²) in [7, 11) is 0. The van der Waals surface area contributed by atoms with E-state index in [-0.39, 0.29) is 17.0 Å². The van der Waals surface area contributed by atoms with Crippen molar-refractivity contribution in [2.24, 2.45) is 5.92 Å². The Morgan fingerprint density at radius 3 is 2.38 bits per heavy atom. The van der Waals surface area contributed by atoms with Gasteiger partial charge in [0, 0.05) is 11.3 Å². The normalized spacial score (nSPS) is 12.5. The van der Waals surface area contributed by atoms with E-state index in [0.29, 0.717) is 17.7 Å². The Labute approximate surface area is 129 Å². The van der Waals surface area contributed by atoms with Crippen LogP contribution in [-0.4, -0.2) is 28.0 Å². The van der Waals surface area contributed by atoms with E-state index in [2.05, 4.69) is 10.3 Å².